The van der Waals surface area contributed by atoms with Crippen molar-refractivity contribution in [3.63, 3.8) is 0 Å². The molecule has 0 radical (unpaired) electrons. The number of aryl methyl sites for hydroxylation is 1. The summed E-state index contributed by atoms with van der Waals surface area (Å²) in [6, 6.07) is 19.6. The number of methoxy groups -OCH3 is 1. The van der Waals surface area contributed by atoms with E-state index in [0.29, 0.717) is 22.7 Å². The molecular formula is C26H23N5O3S2. The lowest BCUT2D eigenvalue weighted by molar-refractivity contribution is -0.113. The molecular weight excluding hydrogens is 494 g/mol. The third kappa shape index (κ3) is 5.34. The Morgan fingerprint density at radius 2 is 1.92 bits per heavy atom. The van der Waals surface area contributed by atoms with E-state index in [-0.39, 0.29) is 11.7 Å². The Morgan fingerprint density at radius 1 is 1.11 bits per heavy atom. The van der Waals surface area contributed by atoms with Crippen LogP contribution in [0.2, 0.25) is 0 Å². The molecule has 0 fully saturated rings. The van der Waals surface area contributed by atoms with Crippen molar-refractivity contribution in [1.29, 1.82) is 0 Å². The first-order valence-electron chi connectivity index (χ1n) is 11.1. The fourth-order valence-corrected chi connectivity index (χ4v) is 5.10. The molecule has 0 saturated heterocycles. The SMILES string of the molecule is COc1ccc(-c2csc(NC(=O)CSc3nnc(-c4ccoc4C)n3Cc3ccccc3)n2)cc1. The van der Waals surface area contributed by atoms with Gasteiger partial charge in [-0.15, -0.1) is 21.5 Å². The van der Waals surface area contributed by atoms with Crippen LogP contribution in [0.15, 0.2) is 81.9 Å². The fraction of sp³-hybridized carbons (Fsp3) is 0.154. The molecule has 0 bridgehead atoms. The monoisotopic (exact) mass is 517 g/mol. The largest absolute Gasteiger partial charge is 0.497 e. The molecule has 1 amide bonds. The van der Waals surface area contributed by atoms with Crippen molar-refractivity contribution in [2.45, 2.75) is 18.6 Å². The molecule has 5 rings (SSSR count). The highest BCUT2D eigenvalue weighted by Gasteiger charge is 2.19. The molecule has 0 spiro atoms. The molecule has 0 unspecified atom stereocenters. The summed E-state index contributed by atoms with van der Waals surface area (Å²) in [6.45, 7) is 2.47. The fourth-order valence-electron chi connectivity index (χ4n) is 3.63. The van der Waals surface area contributed by atoms with Gasteiger partial charge >= 0.3 is 0 Å². The molecule has 3 aromatic heterocycles. The van der Waals surface area contributed by atoms with Gasteiger partial charge in [0.05, 0.1) is 36.9 Å². The Labute approximate surface area is 216 Å². The number of nitrogens with one attached hydrogen (secondary N) is 1. The van der Waals surface area contributed by atoms with Crippen molar-refractivity contribution in [2.75, 3.05) is 18.2 Å². The molecule has 5 aromatic rings. The van der Waals surface area contributed by atoms with E-state index in [4.69, 9.17) is 9.15 Å². The van der Waals surface area contributed by atoms with Crippen LogP contribution in [0, 0.1) is 6.92 Å². The molecule has 0 atom stereocenters. The molecule has 0 aliphatic rings. The summed E-state index contributed by atoms with van der Waals surface area (Å²) in [4.78, 5) is 17.3. The zero-order valence-corrected chi connectivity index (χ0v) is 21.3. The predicted molar refractivity (Wildman–Crippen MR) is 141 cm³/mol. The van der Waals surface area contributed by atoms with Gasteiger partial charge in [0.1, 0.15) is 11.5 Å². The first-order chi connectivity index (χ1) is 17.6. The summed E-state index contributed by atoms with van der Waals surface area (Å²) in [5.74, 6) is 2.27. The highest BCUT2D eigenvalue weighted by atomic mass is 32.2. The van der Waals surface area contributed by atoms with E-state index in [9.17, 15) is 4.79 Å². The normalized spacial score (nSPS) is 10.9. The molecule has 0 aliphatic heterocycles. The van der Waals surface area contributed by atoms with Crippen molar-refractivity contribution in [1.82, 2.24) is 19.7 Å². The quantitative estimate of drug-likeness (QED) is 0.249. The van der Waals surface area contributed by atoms with Crippen LogP contribution < -0.4 is 10.1 Å². The van der Waals surface area contributed by atoms with Crippen LogP contribution in [0.1, 0.15) is 11.3 Å². The molecule has 2 aromatic carbocycles. The summed E-state index contributed by atoms with van der Waals surface area (Å²) in [5, 5.41) is 14.8. The zero-order chi connectivity index (χ0) is 24.9. The van der Waals surface area contributed by atoms with E-state index in [1.165, 1.54) is 23.1 Å². The number of rotatable bonds is 9. The van der Waals surface area contributed by atoms with Crippen molar-refractivity contribution in [3.05, 3.63) is 83.6 Å². The standard InChI is InChI=1S/C26H23N5O3S2/c1-17-21(12-13-34-17)24-29-30-26(31(24)14-18-6-4-3-5-7-18)36-16-23(32)28-25-27-22(15-35-25)19-8-10-20(33-2)11-9-19/h3-13,15H,14,16H2,1-2H3,(H,27,28,32). The lowest BCUT2D eigenvalue weighted by atomic mass is 10.2. The number of carbonyl (C=O) groups excluding carboxylic acids is 1. The Hall–Kier alpha value is -3.89. The molecule has 3 heterocycles. The number of carbonyl (C=O) groups is 1. The van der Waals surface area contributed by atoms with E-state index < -0.39 is 0 Å². The molecule has 8 nitrogen and oxygen atoms in total. The van der Waals surface area contributed by atoms with Gasteiger partial charge in [-0.3, -0.25) is 9.36 Å². The summed E-state index contributed by atoms with van der Waals surface area (Å²) >= 11 is 2.72. The van der Waals surface area contributed by atoms with Crippen LogP contribution in [0.4, 0.5) is 5.13 Å². The second-order valence-corrected chi connectivity index (χ2v) is 9.67. The number of anilines is 1. The van der Waals surface area contributed by atoms with Gasteiger partial charge in [0.2, 0.25) is 5.91 Å². The van der Waals surface area contributed by atoms with Gasteiger partial charge in [0.15, 0.2) is 16.1 Å². The van der Waals surface area contributed by atoms with Crippen LogP contribution in [-0.4, -0.2) is 38.5 Å². The van der Waals surface area contributed by atoms with E-state index in [2.05, 4.69) is 32.6 Å². The van der Waals surface area contributed by atoms with Crippen molar-refractivity contribution < 1.29 is 13.9 Å². The maximum absolute atomic E-state index is 12.7. The zero-order valence-electron chi connectivity index (χ0n) is 19.7. The summed E-state index contributed by atoms with van der Waals surface area (Å²) in [7, 11) is 1.63. The summed E-state index contributed by atoms with van der Waals surface area (Å²) in [6.07, 6.45) is 1.64. The summed E-state index contributed by atoms with van der Waals surface area (Å²) in [5.41, 5.74) is 3.75. The third-order valence-corrected chi connectivity index (χ3v) is 7.19. The topological polar surface area (TPSA) is 95.1 Å². The van der Waals surface area contributed by atoms with Gasteiger partial charge in [0.25, 0.3) is 0 Å². The number of thiazole rings is 1. The number of benzene rings is 2. The second kappa shape index (κ2) is 10.8. The number of hydrogen-bond donors (Lipinski definition) is 1. The van der Waals surface area contributed by atoms with Crippen molar-refractivity contribution in [2.24, 2.45) is 0 Å². The van der Waals surface area contributed by atoms with Crippen LogP contribution in [0.3, 0.4) is 0 Å². The van der Waals surface area contributed by atoms with Gasteiger partial charge < -0.3 is 14.5 Å². The van der Waals surface area contributed by atoms with Crippen LogP contribution in [0.25, 0.3) is 22.6 Å². The maximum Gasteiger partial charge on any atom is 0.236 e. The van der Waals surface area contributed by atoms with E-state index in [0.717, 1.165) is 33.9 Å². The highest BCUT2D eigenvalue weighted by molar-refractivity contribution is 7.99. The first kappa shape index (κ1) is 23.8. The minimum Gasteiger partial charge on any atom is -0.497 e. The molecule has 1 N–H and O–H groups in total. The average molecular weight is 518 g/mol. The molecule has 10 heteroatoms. The second-order valence-electron chi connectivity index (χ2n) is 7.87. The predicted octanol–water partition coefficient (Wildman–Crippen LogP) is 5.76. The minimum atomic E-state index is -0.161. The average Bonchev–Trinajstić information content (AvgIpc) is 3.64. The number of aromatic nitrogens is 4. The number of nitrogens with zero attached hydrogens (tertiary/aromatic N) is 4. The number of hydrogen-bond acceptors (Lipinski definition) is 8. The maximum atomic E-state index is 12.7. The van der Waals surface area contributed by atoms with Crippen LogP contribution >= 0.6 is 23.1 Å². The molecule has 0 saturated carbocycles. The van der Waals surface area contributed by atoms with Crippen LogP contribution in [0.5, 0.6) is 5.75 Å². The Morgan fingerprint density at radius 3 is 2.64 bits per heavy atom. The summed E-state index contributed by atoms with van der Waals surface area (Å²) < 4.78 is 12.7. The smallest absolute Gasteiger partial charge is 0.236 e. The number of ether oxygens (including phenoxy) is 1. The molecule has 182 valence electrons. The lowest BCUT2D eigenvalue weighted by Crippen LogP contribution is -2.14. The Kier molecular flexibility index (Phi) is 7.15. The van der Waals surface area contributed by atoms with Gasteiger partial charge in [-0.25, -0.2) is 4.98 Å². The minimum absolute atomic E-state index is 0.161. The van der Waals surface area contributed by atoms with Gasteiger partial charge in [-0.1, -0.05) is 42.1 Å². The van der Waals surface area contributed by atoms with Crippen molar-refractivity contribution in [3.8, 4) is 28.4 Å². The number of furan rings is 1. The van der Waals surface area contributed by atoms with Gasteiger partial charge in [-0.2, -0.15) is 0 Å². The number of thioether (sulfide) groups is 1. The van der Waals surface area contributed by atoms with E-state index in [1.54, 1.807) is 13.4 Å². The first-order valence-corrected chi connectivity index (χ1v) is 13.0. The molecule has 0 aliphatic carbocycles. The Balaban J connectivity index is 1.28. The van der Waals surface area contributed by atoms with Gasteiger partial charge in [0, 0.05) is 10.9 Å². The lowest BCUT2D eigenvalue weighted by Gasteiger charge is -2.10. The third-order valence-electron chi connectivity index (χ3n) is 5.47. The highest BCUT2D eigenvalue weighted by Crippen LogP contribution is 2.29. The van der Waals surface area contributed by atoms with Crippen molar-refractivity contribution >= 4 is 34.1 Å². The van der Waals surface area contributed by atoms with E-state index >= 15 is 0 Å². The molecule has 36 heavy (non-hydrogen) atoms. The number of amides is 1. The van der Waals surface area contributed by atoms with Gasteiger partial charge in [-0.05, 0) is 42.8 Å². The Bertz CT molecular complexity index is 1460. The van der Waals surface area contributed by atoms with Crippen LogP contribution in [-0.2, 0) is 11.3 Å². The van der Waals surface area contributed by atoms with E-state index in [1.807, 2.05) is 65.4 Å².